The number of aliphatic carboxylic acids is 1. The molecule has 0 spiro atoms. The summed E-state index contributed by atoms with van der Waals surface area (Å²) in [4.78, 5) is 47.5. The highest BCUT2D eigenvalue weighted by Gasteiger charge is 2.20. The first kappa shape index (κ1) is 16.1. The quantitative estimate of drug-likeness (QED) is 0.753. The number of carboxylic acid groups (broad SMARTS) is 1. The van der Waals surface area contributed by atoms with E-state index in [4.69, 9.17) is 9.84 Å². The number of aldehydes is 1. The molecule has 0 bridgehead atoms. The van der Waals surface area contributed by atoms with E-state index in [9.17, 15) is 19.2 Å². The molecule has 0 saturated carbocycles. The lowest BCUT2D eigenvalue weighted by Gasteiger charge is -2.10. The summed E-state index contributed by atoms with van der Waals surface area (Å²) < 4.78 is 6.87. The zero-order valence-corrected chi connectivity index (χ0v) is 12.8. The van der Waals surface area contributed by atoms with E-state index in [-0.39, 0.29) is 18.5 Å². The van der Waals surface area contributed by atoms with Gasteiger partial charge in [0.15, 0.2) is 6.29 Å². The van der Waals surface area contributed by atoms with E-state index in [1.54, 1.807) is 6.92 Å². The van der Waals surface area contributed by atoms with Crippen LogP contribution in [0.5, 0.6) is 0 Å². The second-order valence-corrected chi connectivity index (χ2v) is 5.63. The van der Waals surface area contributed by atoms with Gasteiger partial charge in [0.1, 0.15) is 11.4 Å². The lowest BCUT2D eigenvalue weighted by atomic mass is 10.2. The molecule has 0 unspecified atom stereocenters. The molecule has 118 valence electrons. The van der Waals surface area contributed by atoms with Gasteiger partial charge in [-0.05, 0) is 12.5 Å². The monoisotopic (exact) mass is 326 g/mol. The average molecular weight is 326 g/mol. The fourth-order valence-corrected chi connectivity index (χ4v) is 3.31. The molecule has 0 amide bonds. The van der Waals surface area contributed by atoms with Crippen molar-refractivity contribution in [1.29, 1.82) is 0 Å². The Hall–Kier alpha value is -2.26. The predicted molar refractivity (Wildman–Crippen MR) is 80.0 cm³/mol. The van der Waals surface area contributed by atoms with Crippen molar-refractivity contribution in [3.05, 3.63) is 31.3 Å². The van der Waals surface area contributed by atoms with Gasteiger partial charge in [0.25, 0.3) is 5.56 Å². The lowest BCUT2D eigenvalue weighted by molar-refractivity contribution is -0.137. The number of rotatable bonds is 6. The highest BCUT2D eigenvalue weighted by Crippen LogP contribution is 2.26. The van der Waals surface area contributed by atoms with Crippen LogP contribution in [-0.4, -0.2) is 40.2 Å². The molecule has 8 nitrogen and oxygen atoms in total. The molecule has 0 aliphatic carbocycles. The molecule has 2 aromatic rings. The number of fused-ring (bicyclic) bond motifs is 1. The van der Waals surface area contributed by atoms with Gasteiger partial charge in [0.05, 0.1) is 23.4 Å². The van der Waals surface area contributed by atoms with E-state index >= 15 is 0 Å². The van der Waals surface area contributed by atoms with Gasteiger partial charge in [-0.2, -0.15) is 0 Å². The van der Waals surface area contributed by atoms with E-state index in [0.717, 1.165) is 11.3 Å². The van der Waals surface area contributed by atoms with Crippen molar-refractivity contribution in [3.8, 4) is 0 Å². The van der Waals surface area contributed by atoms with Crippen LogP contribution in [0.1, 0.15) is 15.2 Å². The minimum absolute atomic E-state index is 0.157. The van der Waals surface area contributed by atoms with Gasteiger partial charge in [0, 0.05) is 7.11 Å². The summed E-state index contributed by atoms with van der Waals surface area (Å²) >= 11 is 1.04. The Morgan fingerprint density at radius 2 is 2.05 bits per heavy atom. The second-order valence-electron chi connectivity index (χ2n) is 4.60. The average Bonchev–Trinajstić information content (AvgIpc) is 2.80. The summed E-state index contributed by atoms with van der Waals surface area (Å²) in [6.07, 6.45) is 0.617. The van der Waals surface area contributed by atoms with Crippen LogP contribution in [0, 0.1) is 6.92 Å². The van der Waals surface area contributed by atoms with Crippen molar-refractivity contribution < 1.29 is 19.4 Å². The highest BCUT2D eigenvalue weighted by molar-refractivity contribution is 7.20. The van der Waals surface area contributed by atoms with Gasteiger partial charge in [-0.15, -0.1) is 11.3 Å². The maximum absolute atomic E-state index is 12.4. The Kier molecular flexibility index (Phi) is 4.57. The van der Waals surface area contributed by atoms with E-state index < -0.39 is 23.8 Å². The molecule has 2 rings (SSSR count). The Bertz CT molecular complexity index is 860. The number of methoxy groups -OCH3 is 1. The molecule has 0 aliphatic heterocycles. The van der Waals surface area contributed by atoms with Gasteiger partial charge >= 0.3 is 11.7 Å². The summed E-state index contributed by atoms with van der Waals surface area (Å²) in [5.41, 5.74) is -0.973. The molecule has 2 heterocycles. The highest BCUT2D eigenvalue weighted by atomic mass is 32.1. The number of carbonyl (C=O) groups excluding carboxylic acids is 1. The lowest BCUT2D eigenvalue weighted by Crippen LogP contribution is -2.41. The molecule has 9 heteroatoms. The molecular formula is C13H14N2O6S. The van der Waals surface area contributed by atoms with Crippen LogP contribution in [0.2, 0.25) is 0 Å². The van der Waals surface area contributed by atoms with Crippen LogP contribution in [0.3, 0.4) is 0 Å². The normalized spacial score (nSPS) is 11.0. The zero-order valence-electron chi connectivity index (χ0n) is 12.0. The van der Waals surface area contributed by atoms with Gasteiger partial charge < -0.3 is 9.84 Å². The number of ether oxygens (including phenoxy) is 1. The van der Waals surface area contributed by atoms with E-state index in [1.165, 1.54) is 11.7 Å². The molecule has 1 N–H and O–H groups in total. The fraction of sp³-hybridized carbons (Fsp3) is 0.385. The zero-order chi connectivity index (χ0) is 16.4. The SMILES string of the molecule is COCCn1c(=O)n(CC(=O)O)c(=O)c2c(C)c(C=O)sc21. The van der Waals surface area contributed by atoms with Gasteiger partial charge in [-0.25, -0.2) is 9.36 Å². The maximum Gasteiger partial charge on any atom is 0.332 e. The maximum atomic E-state index is 12.4. The van der Waals surface area contributed by atoms with Crippen molar-refractivity contribution in [2.45, 2.75) is 20.0 Å². The topological polar surface area (TPSA) is 108 Å². The van der Waals surface area contributed by atoms with Crippen molar-refractivity contribution in [1.82, 2.24) is 9.13 Å². The molecule has 0 atom stereocenters. The minimum atomic E-state index is -1.29. The van der Waals surface area contributed by atoms with Gasteiger partial charge in [-0.3, -0.25) is 19.0 Å². The first-order valence-corrected chi connectivity index (χ1v) is 7.16. The van der Waals surface area contributed by atoms with Crippen molar-refractivity contribution in [2.75, 3.05) is 13.7 Å². The van der Waals surface area contributed by atoms with E-state index in [0.29, 0.717) is 26.1 Å². The molecule has 0 saturated heterocycles. The van der Waals surface area contributed by atoms with E-state index in [2.05, 4.69) is 0 Å². The smallest absolute Gasteiger partial charge is 0.332 e. The Labute approximate surface area is 128 Å². The number of nitrogens with zero attached hydrogens (tertiary/aromatic N) is 2. The van der Waals surface area contributed by atoms with Crippen molar-refractivity contribution in [3.63, 3.8) is 0 Å². The molecular weight excluding hydrogens is 312 g/mol. The van der Waals surface area contributed by atoms with E-state index in [1.807, 2.05) is 0 Å². The molecule has 0 fully saturated rings. The third-order valence-electron chi connectivity index (χ3n) is 3.25. The third kappa shape index (κ3) is 2.60. The number of hydrogen-bond donors (Lipinski definition) is 1. The summed E-state index contributed by atoms with van der Waals surface area (Å²) in [5.74, 6) is -1.29. The number of carbonyl (C=O) groups is 2. The fourth-order valence-electron chi connectivity index (χ4n) is 2.18. The Morgan fingerprint density at radius 1 is 1.36 bits per heavy atom. The van der Waals surface area contributed by atoms with Crippen LogP contribution in [0.25, 0.3) is 10.2 Å². The molecule has 0 aliphatic rings. The van der Waals surface area contributed by atoms with Crippen molar-refractivity contribution >= 4 is 33.8 Å². The summed E-state index contributed by atoms with van der Waals surface area (Å²) in [6, 6.07) is 0. The third-order valence-corrected chi connectivity index (χ3v) is 4.49. The largest absolute Gasteiger partial charge is 0.480 e. The minimum Gasteiger partial charge on any atom is -0.480 e. The second kappa shape index (κ2) is 6.24. The Morgan fingerprint density at radius 3 is 2.59 bits per heavy atom. The number of aromatic nitrogens is 2. The van der Waals surface area contributed by atoms with Gasteiger partial charge in [0.2, 0.25) is 0 Å². The van der Waals surface area contributed by atoms with Crippen LogP contribution in [0.15, 0.2) is 9.59 Å². The molecule has 0 aromatic carbocycles. The van der Waals surface area contributed by atoms with Crippen molar-refractivity contribution in [2.24, 2.45) is 0 Å². The summed E-state index contributed by atoms with van der Waals surface area (Å²) in [5, 5.41) is 9.09. The summed E-state index contributed by atoms with van der Waals surface area (Å²) in [6.45, 7) is 1.24. The summed E-state index contributed by atoms with van der Waals surface area (Å²) in [7, 11) is 1.46. The molecule has 2 aromatic heterocycles. The molecule has 0 radical (unpaired) electrons. The van der Waals surface area contributed by atoms with Gasteiger partial charge in [-0.1, -0.05) is 0 Å². The number of aryl methyl sites for hydroxylation is 1. The Balaban J connectivity index is 2.89. The first-order valence-electron chi connectivity index (χ1n) is 6.35. The van der Waals surface area contributed by atoms with Crippen LogP contribution in [0.4, 0.5) is 0 Å². The number of hydrogen-bond acceptors (Lipinski definition) is 6. The van der Waals surface area contributed by atoms with Crippen LogP contribution < -0.4 is 11.2 Å². The number of carboxylic acids is 1. The number of thiophene rings is 1. The van der Waals surface area contributed by atoms with Crippen LogP contribution >= 0.6 is 11.3 Å². The predicted octanol–water partition coefficient (Wildman–Crippen LogP) is 0.0766. The standard InChI is InChI=1S/C13H14N2O6S/c1-7-8(6-16)22-12-10(7)11(19)15(5-9(17)18)13(20)14(12)3-4-21-2/h6H,3-5H2,1-2H3,(H,17,18). The first-order chi connectivity index (χ1) is 10.4. The molecule has 22 heavy (non-hydrogen) atoms. The van der Waals surface area contributed by atoms with Crippen LogP contribution in [-0.2, 0) is 22.6 Å².